The largest absolute Gasteiger partial charge is 0.461 e. The zero-order chi connectivity index (χ0) is 38.8. The molecule has 6 aliphatic heterocycles. The zero-order valence-corrected chi connectivity index (χ0v) is 32.2. The molecule has 1 spiro atoms. The fourth-order valence-electron chi connectivity index (χ4n) is 10.3. The number of aromatic nitrogens is 2. The maximum Gasteiger partial charge on any atom is 0.415 e. The molecular weight excluding hydrogens is 722 g/mol. The van der Waals surface area contributed by atoms with Gasteiger partial charge < -0.3 is 29.5 Å². The van der Waals surface area contributed by atoms with Gasteiger partial charge in [0.05, 0.1) is 24.3 Å². The van der Waals surface area contributed by atoms with Crippen molar-refractivity contribution in [2.75, 3.05) is 62.2 Å². The summed E-state index contributed by atoms with van der Waals surface area (Å²) in [4.78, 5) is 56.9. The summed E-state index contributed by atoms with van der Waals surface area (Å²) in [5.41, 5.74) is 1.48. The second-order valence-corrected chi connectivity index (χ2v) is 16.8. The van der Waals surface area contributed by atoms with Gasteiger partial charge in [-0.2, -0.15) is 9.97 Å². The van der Waals surface area contributed by atoms with E-state index in [1.54, 1.807) is 11.0 Å². The van der Waals surface area contributed by atoms with Crippen molar-refractivity contribution in [3.8, 4) is 11.8 Å². The molecule has 4 atom stereocenters. The normalized spacial score (nSPS) is 27.8. The Morgan fingerprint density at radius 1 is 1.04 bits per heavy atom. The lowest BCUT2D eigenvalue weighted by Gasteiger charge is -2.40. The van der Waals surface area contributed by atoms with Crippen LogP contribution in [0.3, 0.4) is 0 Å². The molecule has 5 saturated heterocycles. The predicted octanol–water partition coefficient (Wildman–Crippen LogP) is 5.26. The van der Waals surface area contributed by atoms with Crippen molar-refractivity contribution in [2.24, 2.45) is 5.92 Å². The maximum absolute atomic E-state index is 15.5. The predicted molar refractivity (Wildman–Crippen MR) is 205 cm³/mol. The van der Waals surface area contributed by atoms with Gasteiger partial charge in [0.15, 0.2) is 0 Å². The number of nitrogens with zero attached hydrogens (tertiary/aromatic N) is 6. The second-order valence-electron chi connectivity index (χ2n) is 16.8. The molecule has 4 amide bonds. The number of aryl methyl sites for hydroxylation is 1. The minimum atomic E-state index is -1.07. The molecule has 5 fully saturated rings. The zero-order valence-electron chi connectivity index (χ0n) is 32.2. The minimum Gasteiger partial charge on any atom is -0.461 e. The summed E-state index contributed by atoms with van der Waals surface area (Å²) in [6.07, 6.45) is 5.09. The Hall–Kier alpha value is -4.79. The van der Waals surface area contributed by atoms with Crippen molar-refractivity contribution in [1.29, 1.82) is 0 Å². The number of carbonyl (C=O) groups is 3. The monoisotopic (exact) mass is 772 g/mol. The van der Waals surface area contributed by atoms with E-state index in [-0.39, 0.29) is 30.9 Å². The van der Waals surface area contributed by atoms with Crippen molar-refractivity contribution in [2.45, 2.75) is 95.4 Å². The molecule has 1 aromatic heterocycles. The third kappa shape index (κ3) is 6.54. The number of likely N-dealkylation sites (tertiary alicyclic amines) is 1. The Bertz CT molecular complexity index is 2090. The van der Waals surface area contributed by atoms with E-state index in [1.165, 1.54) is 6.07 Å². The molecule has 9 rings (SSSR count). The molecule has 0 bridgehead atoms. The van der Waals surface area contributed by atoms with Gasteiger partial charge in [-0.05, 0) is 86.9 Å². The molecule has 15 heteroatoms. The first-order valence-electron chi connectivity index (χ1n) is 20.3. The lowest BCUT2D eigenvalue weighted by atomic mass is 9.88. The number of halogens is 2. The number of hydrogen-bond acceptors (Lipinski definition) is 10. The molecule has 56 heavy (non-hydrogen) atoms. The van der Waals surface area contributed by atoms with E-state index in [9.17, 15) is 18.8 Å². The second kappa shape index (κ2) is 14.3. The Morgan fingerprint density at radius 3 is 2.70 bits per heavy atom. The van der Waals surface area contributed by atoms with Crippen LogP contribution in [-0.2, 0) is 24.2 Å². The summed E-state index contributed by atoms with van der Waals surface area (Å²) in [7, 11) is 0. The van der Waals surface area contributed by atoms with Crippen molar-refractivity contribution in [1.82, 2.24) is 30.4 Å². The average molecular weight is 773 g/mol. The minimum absolute atomic E-state index is 0.173. The van der Waals surface area contributed by atoms with E-state index in [4.69, 9.17) is 19.4 Å². The van der Waals surface area contributed by atoms with Gasteiger partial charge in [-0.1, -0.05) is 19.9 Å². The quantitative estimate of drug-likeness (QED) is 0.307. The number of hydrogen-bond donors (Lipinski definition) is 2. The smallest absolute Gasteiger partial charge is 0.415 e. The van der Waals surface area contributed by atoms with Crippen LogP contribution in [0.2, 0.25) is 0 Å². The van der Waals surface area contributed by atoms with Gasteiger partial charge in [0.1, 0.15) is 35.7 Å². The number of carbonyl (C=O) groups excluding carboxylic acids is 3. The van der Waals surface area contributed by atoms with E-state index >= 15 is 4.39 Å². The number of fused-ring (bicyclic) bond motifs is 3. The number of nitrogens with one attached hydrogen (secondary N) is 2. The molecule has 13 nitrogen and oxygen atoms in total. The Morgan fingerprint density at radius 2 is 1.89 bits per heavy atom. The van der Waals surface area contributed by atoms with Crippen LogP contribution in [0.5, 0.6) is 11.8 Å². The van der Waals surface area contributed by atoms with Crippen LogP contribution in [0.4, 0.5) is 29.9 Å². The van der Waals surface area contributed by atoms with Crippen LogP contribution < -0.4 is 29.9 Å². The lowest BCUT2D eigenvalue weighted by molar-refractivity contribution is -0.124. The molecular formula is C41H50F2N8O5. The summed E-state index contributed by atoms with van der Waals surface area (Å²) in [6, 6.07) is 6.53. The summed E-state index contributed by atoms with van der Waals surface area (Å²) in [5.74, 6) is 0.795. The summed E-state index contributed by atoms with van der Waals surface area (Å²) < 4.78 is 42.7. The SMILES string of the molecule is CCc1c(F)ccc2cc(OC(=O)N3CCC[C@@H](C)C3)cc(N3CCc4c(nc(OC[C@@]56CCCN5C[C@H](F)C6)nc4N4CCC[C@]5(C4)NC(=O)NC5=O)C3)c12. The van der Waals surface area contributed by atoms with Gasteiger partial charge in [0.2, 0.25) is 0 Å². The molecule has 2 N–H and O–H groups in total. The number of alkyl halides is 1. The van der Waals surface area contributed by atoms with Crippen LogP contribution in [-0.4, -0.2) is 107 Å². The first-order valence-corrected chi connectivity index (χ1v) is 20.3. The number of imide groups is 1. The van der Waals surface area contributed by atoms with Gasteiger partial charge in [0.25, 0.3) is 5.91 Å². The fourth-order valence-corrected chi connectivity index (χ4v) is 10.3. The average Bonchev–Trinajstić information content (AvgIpc) is 3.80. The van der Waals surface area contributed by atoms with E-state index in [2.05, 4.69) is 27.4 Å². The molecule has 2 aromatic carbocycles. The van der Waals surface area contributed by atoms with Gasteiger partial charge in [0, 0.05) is 61.8 Å². The van der Waals surface area contributed by atoms with Crippen molar-refractivity contribution in [3.05, 3.63) is 46.9 Å². The molecule has 0 unspecified atom stereocenters. The summed E-state index contributed by atoms with van der Waals surface area (Å²) in [5, 5.41) is 6.81. The third-order valence-electron chi connectivity index (χ3n) is 13.0. The summed E-state index contributed by atoms with van der Waals surface area (Å²) >= 11 is 0. The maximum atomic E-state index is 15.5. The highest BCUT2D eigenvalue weighted by atomic mass is 19.1. The molecule has 6 aliphatic rings. The number of amides is 4. The highest BCUT2D eigenvalue weighted by Crippen LogP contribution is 2.42. The molecule has 7 heterocycles. The number of urea groups is 1. The van der Waals surface area contributed by atoms with Crippen LogP contribution in [0, 0.1) is 11.7 Å². The molecule has 298 valence electrons. The number of benzene rings is 2. The van der Waals surface area contributed by atoms with Gasteiger partial charge in [-0.25, -0.2) is 18.4 Å². The summed E-state index contributed by atoms with van der Waals surface area (Å²) in [6.45, 7) is 8.56. The number of ether oxygens (including phenoxy) is 2. The van der Waals surface area contributed by atoms with Gasteiger partial charge in [-0.15, -0.1) is 0 Å². The van der Waals surface area contributed by atoms with Crippen LogP contribution in [0.1, 0.15) is 75.6 Å². The van der Waals surface area contributed by atoms with Crippen molar-refractivity contribution in [3.63, 3.8) is 0 Å². The Labute approximate surface area is 325 Å². The Kier molecular flexibility index (Phi) is 9.40. The van der Waals surface area contributed by atoms with Gasteiger partial charge in [-0.3, -0.25) is 15.0 Å². The molecule has 0 aliphatic carbocycles. The van der Waals surface area contributed by atoms with Crippen LogP contribution >= 0.6 is 0 Å². The van der Waals surface area contributed by atoms with E-state index < -0.39 is 29.4 Å². The molecule has 0 radical (unpaired) electrons. The van der Waals surface area contributed by atoms with Crippen molar-refractivity contribution >= 4 is 40.3 Å². The van der Waals surface area contributed by atoms with Gasteiger partial charge >= 0.3 is 18.1 Å². The first-order chi connectivity index (χ1) is 27.0. The van der Waals surface area contributed by atoms with Crippen molar-refractivity contribution < 1.29 is 32.6 Å². The van der Waals surface area contributed by atoms with Crippen LogP contribution in [0.25, 0.3) is 10.8 Å². The van der Waals surface area contributed by atoms with E-state index in [1.807, 2.05) is 24.0 Å². The topological polar surface area (TPSA) is 132 Å². The molecule has 3 aromatic rings. The van der Waals surface area contributed by atoms with E-state index in [0.717, 1.165) is 59.9 Å². The lowest BCUT2D eigenvalue weighted by Crippen LogP contribution is -2.59. The molecule has 0 saturated carbocycles. The Balaban J connectivity index is 1.08. The highest BCUT2D eigenvalue weighted by Gasteiger charge is 2.51. The van der Waals surface area contributed by atoms with Crippen LogP contribution in [0.15, 0.2) is 24.3 Å². The third-order valence-corrected chi connectivity index (χ3v) is 13.0. The standard InChI is InChI=1S/C41H50F2N8O5/c1-3-29-31(43)9-8-26-17-28(56-39(54)49-13-4-7-25(2)20-49)18-33(34(26)29)48-16-10-30-32(22-48)44-38(55-24-40-11-5-15-51(40)21-27(42)19-40)45-35(30)50-14-6-12-41(23-50)36(52)46-37(53)47-41/h8-9,17-18,25,27H,3-7,10-16,19-24H2,1-2H3,(H2,46,47,52,53)/t25-,27-,40+,41-/m1/s1. The fraction of sp³-hybridized carbons (Fsp3) is 0.585. The number of anilines is 2. The van der Waals surface area contributed by atoms with E-state index in [0.29, 0.717) is 94.4 Å². The number of rotatable bonds is 7. The number of piperidine rings is 2. The highest BCUT2D eigenvalue weighted by molar-refractivity contribution is 6.07. The first kappa shape index (κ1) is 36.8.